The standard InChI is InChI=1S/C20H35NO2Si2/c1-20(2,3)25(7,8)23-19-15-17-11-9-10-12-18(17)21(19)16-22-13-14-24(4,5)6/h9-12,15H,13-14,16H2,1-8H3. The number of ether oxygens (including phenoxy) is 1. The molecule has 1 heterocycles. The highest BCUT2D eigenvalue weighted by molar-refractivity contribution is 6.76. The highest BCUT2D eigenvalue weighted by Crippen LogP contribution is 2.38. The van der Waals surface area contributed by atoms with Gasteiger partial charge < -0.3 is 9.16 Å². The second-order valence-corrected chi connectivity index (χ2v) is 20.0. The van der Waals surface area contributed by atoms with E-state index in [0.717, 1.165) is 12.5 Å². The summed E-state index contributed by atoms with van der Waals surface area (Å²) in [6.07, 6.45) is 0. The predicted molar refractivity (Wildman–Crippen MR) is 114 cm³/mol. The minimum atomic E-state index is -1.89. The van der Waals surface area contributed by atoms with Crippen molar-refractivity contribution in [2.45, 2.75) is 71.3 Å². The van der Waals surface area contributed by atoms with Crippen LogP contribution in [0.15, 0.2) is 30.3 Å². The predicted octanol–water partition coefficient (Wildman–Crippen LogP) is 6.34. The molecule has 0 spiro atoms. The van der Waals surface area contributed by atoms with Crippen molar-refractivity contribution in [3.8, 4) is 5.88 Å². The molecule has 0 aliphatic heterocycles. The summed E-state index contributed by atoms with van der Waals surface area (Å²) in [5.74, 6) is 0.945. The highest BCUT2D eigenvalue weighted by Gasteiger charge is 2.39. The summed E-state index contributed by atoms with van der Waals surface area (Å²) in [6, 6.07) is 11.8. The van der Waals surface area contributed by atoms with Crippen molar-refractivity contribution in [1.82, 2.24) is 4.57 Å². The molecule has 0 bridgehead atoms. The van der Waals surface area contributed by atoms with Gasteiger partial charge in [0.25, 0.3) is 8.32 Å². The number of rotatable bonds is 7. The summed E-state index contributed by atoms with van der Waals surface area (Å²) in [7, 11) is -2.96. The van der Waals surface area contributed by atoms with E-state index in [1.54, 1.807) is 0 Å². The molecule has 0 fully saturated rings. The Labute approximate surface area is 155 Å². The number of hydrogen-bond acceptors (Lipinski definition) is 2. The molecule has 0 atom stereocenters. The van der Waals surface area contributed by atoms with Crippen LogP contribution >= 0.6 is 0 Å². The zero-order valence-electron chi connectivity index (χ0n) is 17.3. The van der Waals surface area contributed by atoms with Crippen molar-refractivity contribution in [3.05, 3.63) is 30.3 Å². The number of para-hydroxylation sites is 1. The molecule has 5 heteroatoms. The van der Waals surface area contributed by atoms with Gasteiger partial charge in [-0.3, -0.25) is 4.57 Å². The molecule has 0 saturated carbocycles. The van der Waals surface area contributed by atoms with Crippen LogP contribution in [0.1, 0.15) is 20.8 Å². The summed E-state index contributed by atoms with van der Waals surface area (Å²) < 4.78 is 14.8. The van der Waals surface area contributed by atoms with Gasteiger partial charge in [-0.2, -0.15) is 0 Å². The minimum Gasteiger partial charge on any atom is -0.532 e. The molecule has 0 aliphatic rings. The summed E-state index contributed by atoms with van der Waals surface area (Å²) in [6.45, 7) is 19.9. The van der Waals surface area contributed by atoms with Gasteiger partial charge in [0.1, 0.15) is 6.73 Å². The fraction of sp³-hybridized carbons (Fsp3) is 0.600. The molecular weight excluding hydrogens is 342 g/mol. The molecule has 140 valence electrons. The maximum absolute atomic E-state index is 6.61. The number of fused-ring (bicyclic) bond motifs is 1. The van der Waals surface area contributed by atoms with Crippen LogP contribution in [0.3, 0.4) is 0 Å². The third-order valence-corrected chi connectivity index (χ3v) is 11.2. The van der Waals surface area contributed by atoms with Gasteiger partial charge in [0.05, 0.1) is 5.52 Å². The first-order valence-electron chi connectivity index (χ1n) is 9.26. The number of aromatic nitrogens is 1. The quantitative estimate of drug-likeness (QED) is 0.415. The van der Waals surface area contributed by atoms with Crippen LogP contribution in [0.5, 0.6) is 5.88 Å². The van der Waals surface area contributed by atoms with Gasteiger partial charge in [-0.1, -0.05) is 58.6 Å². The average molecular weight is 378 g/mol. The van der Waals surface area contributed by atoms with Crippen molar-refractivity contribution >= 4 is 27.3 Å². The molecule has 0 radical (unpaired) electrons. The van der Waals surface area contributed by atoms with Crippen LogP contribution in [-0.4, -0.2) is 27.6 Å². The summed E-state index contributed by atoms with van der Waals surface area (Å²) in [5, 5.41) is 1.39. The van der Waals surface area contributed by atoms with E-state index in [-0.39, 0.29) is 5.04 Å². The van der Waals surface area contributed by atoms with Crippen LogP contribution < -0.4 is 4.43 Å². The molecule has 1 aromatic heterocycles. The van der Waals surface area contributed by atoms with E-state index in [1.165, 1.54) is 16.9 Å². The van der Waals surface area contributed by atoms with E-state index in [1.807, 2.05) is 0 Å². The van der Waals surface area contributed by atoms with Crippen LogP contribution in [0.2, 0.25) is 43.8 Å². The van der Waals surface area contributed by atoms with Gasteiger partial charge >= 0.3 is 0 Å². The molecule has 0 saturated heterocycles. The highest BCUT2D eigenvalue weighted by atomic mass is 28.4. The van der Waals surface area contributed by atoms with Crippen molar-refractivity contribution < 1.29 is 9.16 Å². The van der Waals surface area contributed by atoms with Gasteiger partial charge in [0.15, 0.2) is 5.88 Å². The summed E-state index contributed by atoms with van der Waals surface area (Å²) in [4.78, 5) is 0. The number of hydrogen-bond donors (Lipinski definition) is 0. The zero-order chi connectivity index (χ0) is 18.9. The van der Waals surface area contributed by atoms with Crippen molar-refractivity contribution in [2.24, 2.45) is 0 Å². The Morgan fingerprint density at radius 3 is 2.24 bits per heavy atom. The first-order chi connectivity index (χ1) is 11.4. The summed E-state index contributed by atoms with van der Waals surface area (Å²) >= 11 is 0. The van der Waals surface area contributed by atoms with Crippen LogP contribution in [0.25, 0.3) is 10.9 Å². The third kappa shape index (κ3) is 5.22. The maximum atomic E-state index is 6.61. The molecule has 0 aliphatic carbocycles. The molecule has 2 rings (SSSR count). The van der Waals surface area contributed by atoms with Gasteiger partial charge in [0, 0.05) is 26.1 Å². The lowest BCUT2D eigenvalue weighted by molar-refractivity contribution is 0.0865. The van der Waals surface area contributed by atoms with E-state index in [9.17, 15) is 0 Å². The second kappa shape index (κ2) is 7.29. The Morgan fingerprint density at radius 2 is 1.64 bits per heavy atom. The van der Waals surface area contributed by atoms with Crippen LogP contribution in [0.4, 0.5) is 0 Å². The van der Waals surface area contributed by atoms with Crippen LogP contribution in [0, 0.1) is 0 Å². The second-order valence-electron chi connectivity index (χ2n) is 9.68. The monoisotopic (exact) mass is 377 g/mol. The van der Waals surface area contributed by atoms with Gasteiger partial charge in [-0.15, -0.1) is 0 Å². The fourth-order valence-electron chi connectivity index (χ4n) is 2.35. The fourth-order valence-corrected chi connectivity index (χ4v) is 4.11. The molecular formula is C20H35NO2Si2. The molecule has 2 aromatic rings. The van der Waals surface area contributed by atoms with E-state index in [4.69, 9.17) is 9.16 Å². The smallest absolute Gasteiger partial charge is 0.252 e. The van der Waals surface area contributed by atoms with Crippen molar-refractivity contribution in [3.63, 3.8) is 0 Å². The molecule has 0 unspecified atom stereocenters. The van der Waals surface area contributed by atoms with Crippen molar-refractivity contribution in [2.75, 3.05) is 6.61 Å². The zero-order valence-corrected chi connectivity index (χ0v) is 19.3. The Kier molecular flexibility index (Phi) is 5.91. The Bertz CT molecular complexity index is 709. The largest absolute Gasteiger partial charge is 0.532 e. The van der Waals surface area contributed by atoms with E-state index < -0.39 is 16.4 Å². The van der Waals surface area contributed by atoms with Crippen LogP contribution in [-0.2, 0) is 11.5 Å². The number of benzene rings is 1. The SMILES string of the molecule is CC(C)(C)[Si](C)(C)Oc1cc2ccccc2n1COCC[Si](C)(C)C. The van der Waals surface area contributed by atoms with E-state index in [0.29, 0.717) is 6.73 Å². The minimum absolute atomic E-state index is 0.174. The topological polar surface area (TPSA) is 23.4 Å². The lowest BCUT2D eigenvalue weighted by atomic mass is 10.2. The lowest BCUT2D eigenvalue weighted by Crippen LogP contribution is -2.44. The first-order valence-corrected chi connectivity index (χ1v) is 15.9. The van der Waals surface area contributed by atoms with Gasteiger partial charge in [0.2, 0.25) is 0 Å². The maximum Gasteiger partial charge on any atom is 0.252 e. The van der Waals surface area contributed by atoms with Crippen molar-refractivity contribution in [1.29, 1.82) is 0 Å². The Morgan fingerprint density at radius 1 is 1.00 bits per heavy atom. The normalized spacial score (nSPS) is 13.4. The molecule has 0 N–H and O–H groups in total. The first kappa shape index (κ1) is 20.3. The van der Waals surface area contributed by atoms with E-state index in [2.05, 4.69) is 88.4 Å². The summed E-state index contributed by atoms with van der Waals surface area (Å²) in [5.41, 5.74) is 1.18. The molecule has 25 heavy (non-hydrogen) atoms. The van der Waals surface area contributed by atoms with Gasteiger partial charge in [-0.25, -0.2) is 0 Å². The Hall–Kier alpha value is -1.05. The average Bonchev–Trinajstić information content (AvgIpc) is 2.78. The molecule has 3 nitrogen and oxygen atoms in total. The molecule has 1 aromatic carbocycles. The van der Waals surface area contributed by atoms with E-state index >= 15 is 0 Å². The Balaban J connectivity index is 2.24. The lowest BCUT2D eigenvalue weighted by Gasteiger charge is -2.36. The molecule has 0 amide bonds. The number of nitrogens with zero attached hydrogens (tertiary/aromatic N) is 1. The third-order valence-electron chi connectivity index (χ3n) is 5.16. The van der Waals surface area contributed by atoms with Gasteiger partial charge in [-0.05, 0) is 30.2 Å².